The second-order valence-electron chi connectivity index (χ2n) is 30.6. The van der Waals surface area contributed by atoms with Gasteiger partial charge in [-0.05, 0) is 72.3 Å². The molecule has 7 fully saturated rings. The number of benzene rings is 2. The number of hydrogen-bond donors (Lipinski definition) is 9. The Morgan fingerprint density at radius 3 is 1.18 bits per heavy atom. The number of carbonyl (C=O) groups is 4. The maximum absolute atomic E-state index is 12.9. The lowest BCUT2D eigenvalue weighted by molar-refractivity contribution is 0.0342. The van der Waals surface area contributed by atoms with Gasteiger partial charge in [-0.2, -0.15) is 0 Å². The van der Waals surface area contributed by atoms with E-state index in [9.17, 15) is 19.2 Å². The van der Waals surface area contributed by atoms with Gasteiger partial charge in [-0.1, -0.05) is 75.7 Å². The number of aromatic nitrogens is 14. The SMILES string of the molecule is CN1CCOc2cc(-c3nnc(C(=O)Nc4cnccc4N4CCNCC4)s3)ccc21.O=C(Nc1cnccc1N1CCNCC1)c1nnc(-c2ccc(CN3CCOCC3)cc2)s1.O=C(Nc1cnccc1N1CCNCC1)c1nnc(-c2ccc(N3CCOCC3)nc2)s1.O=C(Nc1cnccc1N1CCNCC1)c1nnc(-c2cccc(N3CCNCC3)n2)s1. The Bertz CT molecular complexity index is 5690. The molecule has 128 heavy (non-hydrogen) atoms. The average Bonchev–Trinajstić information content (AvgIpc) is 1.49. The molecule has 20 rings (SSSR count). The van der Waals surface area contributed by atoms with Gasteiger partial charge in [-0.15, -0.1) is 40.8 Å². The number of ether oxygens (including phenoxy) is 3. The molecule has 4 amide bonds. The molecule has 10 aromatic heterocycles. The normalized spacial score (nSPS) is 16.6. The van der Waals surface area contributed by atoms with Gasteiger partial charge in [-0.25, -0.2) is 9.97 Å². The van der Waals surface area contributed by atoms with E-state index < -0.39 is 0 Å². The number of carbonyl (C=O) groups excluding carboxylic acids is 4. The van der Waals surface area contributed by atoms with Crippen LogP contribution in [-0.2, 0) is 16.0 Å². The summed E-state index contributed by atoms with van der Waals surface area (Å²) in [4.78, 5) is 95.5. The number of nitrogens with one attached hydrogen (secondary N) is 9. The molecule has 0 unspecified atom stereocenters. The maximum Gasteiger partial charge on any atom is 0.286 e. The standard InChI is InChI=1S/C23H27N7O2S.C21H25N9OS.C21H24N8O2S.C21H23N7O2S/c31-21(26-19-15-25-6-5-20(19)30-9-7-24-8-10-30)23-28-27-22(33-23)18-3-1-17(2-4-18)16-29-11-13-32-14-12-29;31-19(26-16-14-24-5-4-17(16)29-10-6-22-7-11-29)21-28-27-20(32-21)15-2-1-3-18(25-15)30-12-8-23-9-13-30;30-19(25-16-14-23-4-3-17(16)28-7-5-22-6-8-28)21-27-26-20(32-21)15-1-2-18(24-13-15)29-9-11-31-12-10-29;1-27-10-11-30-18-12-14(2-3-17(18)27)20-25-26-21(31-20)19(29)24-15-13-23-5-4-16(15)28-8-6-22-7-9-28/h1-6,15,24H,7-14,16H2,(H,26,31);1-5,14,22-23H,6-13H2,(H,26,31);1-4,13-14,22H,5-12H2,(H,25,30);2-5,12-13,22H,6-11H2,1H3,(H,24,29). The van der Waals surface area contributed by atoms with Gasteiger partial charge in [0.15, 0.2) is 5.01 Å². The van der Waals surface area contributed by atoms with Crippen molar-refractivity contribution in [2.24, 2.45) is 0 Å². The number of anilines is 11. The van der Waals surface area contributed by atoms with E-state index in [0.717, 1.165) is 257 Å². The van der Waals surface area contributed by atoms with Crippen molar-refractivity contribution in [1.82, 2.24) is 102 Å². The van der Waals surface area contributed by atoms with Crippen LogP contribution in [0.4, 0.5) is 62.8 Å². The van der Waals surface area contributed by atoms with E-state index in [1.54, 1.807) is 55.8 Å². The van der Waals surface area contributed by atoms with Gasteiger partial charge in [-0.3, -0.25) is 44.0 Å². The molecule has 0 saturated carbocycles. The summed E-state index contributed by atoms with van der Waals surface area (Å²) in [6.07, 6.45) is 15.5. The second kappa shape index (κ2) is 43.4. The highest BCUT2D eigenvalue weighted by Crippen LogP contribution is 2.38. The number of hydrogen-bond acceptors (Lipinski definition) is 38. The monoisotopic (exact) mass is 1810 g/mol. The first kappa shape index (κ1) is 87.6. The van der Waals surface area contributed by atoms with E-state index in [1.165, 1.54) is 50.9 Å². The summed E-state index contributed by atoms with van der Waals surface area (Å²) < 4.78 is 16.6. The van der Waals surface area contributed by atoms with E-state index in [-0.39, 0.29) is 23.6 Å². The van der Waals surface area contributed by atoms with Gasteiger partial charge in [0, 0.05) is 218 Å². The highest BCUT2D eigenvalue weighted by atomic mass is 32.1. The Morgan fingerprint density at radius 2 is 0.742 bits per heavy atom. The van der Waals surface area contributed by atoms with Gasteiger partial charge < -0.3 is 96.4 Å². The number of fused-ring (bicyclic) bond motifs is 1. The highest BCUT2D eigenvalue weighted by molar-refractivity contribution is 7.17. The number of nitrogens with zero attached hydrogens (tertiary/aromatic N) is 22. The molecule has 9 N–H and O–H groups in total. The Kier molecular flexibility index (Phi) is 29.7. The zero-order valence-electron chi connectivity index (χ0n) is 70.7. The first-order valence-corrected chi connectivity index (χ1v) is 46.1. The topological polar surface area (TPSA) is 411 Å². The molecule has 0 spiro atoms. The van der Waals surface area contributed by atoms with E-state index in [0.29, 0.717) is 77.6 Å². The Hall–Kier alpha value is -12.5. The van der Waals surface area contributed by atoms with Crippen LogP contribution in [0.15, 0.2) is 153 Å². The molecule has 8 aliphatic rings. The minimum Gasteiger partial charge on any atom is -0.490 e. The zero-order chi connectivity index (χ0) is 87.2. The van der Waals surface area contributed by atoms with E-state index in [4.69, 9.17) is 19.2 Å². The molecule has 0 aliphatic carbocycles. The molecule has 0 atom stereocenters. The van der Waals surface area contributed by atoms with Gasteiger partial charge in [0.05, 0.1) is 109 Å². The molecule has 0 bridgehead atoms. The summed E-state index contributed by atoms with van der Waals surface area (Å²) in [5.41, 5.74) is 12.3. The first-order chi connectivity index (χ1) is 63.0. The van der Waals surface area contributed by atoms with Crippen LogP contribution in [0.1, 0.15) is 44.8 Å². The van der Waals surface area contributed by atoms with Crippen LogP contribution in [0, 0.1) is 0 Å². The van der Waals surface area contributed by atoms with Crippen LogP contribution in [0.25, 0.3) is 42.4 Å². The number of piperazine rings is 5. The van der Waals surface area contributed by atoms with Gasteiger partial charge in [0.25, 0.3) is 23.6 Å². The summed E-state index contributed by atoms with van der Waals surface area (Å²) in [5, 5.41) is 65.9. The summed E-state index contributed by atoms with van der Waals surface area (Å²) >= 11 is 5.03. The minimum atomic E-state index is -0.295. The van der Waals surface area contributed by atoms with Gasteiger partial charge in [0.1, 0.15) is 44.7 Å². The highest BCUT2D eigenvalue weighted by Gasteiger charge is 2.28. The van der Waals surface area contributed by atoms with Gasteiger partial charge in [0.2, 0.25) is 20.0 Å². The van der Waals surface area contributed by atoms with Crippen LogP contribution in [0.3, 0.4) is 0 Å². The smallest absolute Gasteiger partial charge is 0.286 e. The fourth-order valence-electron chi connectivity index (χ4n) is 15.4. The third kappa shape index (κ3) is 22.5. The molecule has 42 heteroatoms. The first-order valence-electron chi connectivity index (χ1n) is 42.8. The molecule has 12 aromatic rings. The fourth-order valence-corrected chi connectivity index (χ4v) is 18.4. The molecular weight excluding hydrogens is 1710 g/mol. The van der Waals surface area contributed by atoms with Crippen LogP contribution in [-0.4, -0.2) is 303 Å². The summed E-state index contributed by atoms with van der Waals surface area (Å²) in [5.74, 6) is 1.50. The molecule has 664 valence electrons. The Balaban J connectivity index is 0.000000120. The van der Waals surface area contributed by atoms with Crippen molar-refractivity contribution < 1.29 is 33.4 Å². The van der Waals surface area contributed by atoms with Crippen LogP contribution in [0.2, 0.25) is 0 Å². The van der Waals surface area contributed by atoms with Crippen molar-refractivity contribution >= 4 is 132 Å². The Morgan fingerprint density at radius 1 is 0.359 bits per heavy atom. The van der Waals surface area contributed by atoms with Crippen molar-refractivity contribution in [3.8, 4) is 48.2 Å². The minimum absolute atomic E-state index is 0.271. The van der Waals surface area contributed by atoms with Gasteiger partial charge >= 0.3 is 0 Å². The van der Waals surface area contributed by atoms with E-state index >= 15 is 0 Å². The van der Waals surface area contributed by atoms with Crippen LogP contribution >= 0.6 is 45.3 Å². The molecule has 0 radical (unpaired) electrons. The van der Waals surface area contributed by atoms with Crippen molar-refractivity contribution in [3.63, 3.8) is 0 Å². The number of rotatable bonds is 20. The lowest BCUT2D eigenvalue weighted by Crippen LogP contribution is -2.43. The largest absolute Gasteiger partial charge is 0.490 e. The quantitative estimate of drug-likeness (QED) is 0.0381. The molecule has 2 aromatic carbocycles. The van der Waals surface area contributed by atoms with Crippen molar-refractivity contribution in [2.75, 3.05) is 259 Å². The average molecular weight is 1810 g/mol. The second-order valence-corrected chi connectivity index (χ2v) is 34.6. The van der Waals surface area contributed by atoms with Crippen LogP contribution < -0.4 is 86.9 Å². The third-order valence-electron chi connectivity index (χ3n) is 22.2. The Labute approximate surface area is 755 Å². The van der Waals surface area contributed by atoms with Crippen molar-refractivity contribution in [3.05, 3.63) is 178 Å². The molecular formula is C86H99N31O7S4. The van der Waals surface area contributed by atoms with Crippen molar-refractivity contribution in [2.45, 2.75) is 6.54 Å². The zero-order valence-corrected chi connectivity index (χ0v) is 73.9. The molecule has 38 nitrogen and oxygen atoms in total. The lowest BCUT2D eigenvalue weighted by atomic mass is 10.1. The predicted molar refractivity (Wildman–Crippen MR) is 499 cm³/mol. The molecule has 8 aliphatic heterocycles. The predicted octanol–water partition coefficient (Wildman–Crippen LogP) is 6.75. The number of likely N-dealkylation sites (N-methyl/N-ethyl adjacent to an activating group) is 1. The number of amides is 4. The number of pyridine rings is 6. The van der Waals surface area contributed by atoms with Crippen molar-refractivity contribution in [1.29, 1.82) is 0 Å². The summed E-state index contributed by atoms with van der Waals surface area (Å²) in [6, 6.07) is 31.8. The third-order valence-corrected chi connectivity index (χ3v) is 26.1. The summed E-state index contributed by atoms with van der Waals surface area (Å²) in [6.45, 7) is 27.1. The maximum atomic E-state index is 12.9. The van der Waals surface area contributed by atoms with E-state index in [1.807, 2.05) is 92.0 Å². The van der Waals surface area contributed by atoms with Crippen LogP contribution in [0.5, 0.6) is 5.75 Å². The molecule has 7 saturated heterocycles. The fraction of sp³-hybridized carbons (Fsp3) is 0.372. The van der Waals surface area contributed by atoms with E-state index in [2.05, 4.69) is 165 Å². The molecule has 18 heterocycles. The summed E-state index contributed by atoms with van der Waals surface area (Å²) in [7, 11) is 2.04. The lowest BCUT2D eigenvalue weighted by Gasteiger charge is -2.30. The number of morpholine rings is 2.